The van der Waals surface area contributed by atoms with E-state index in [-0.39, 0.29) is 35.2 Å². The topological polar surface area (TPSA) is 168 Å². The molecule has 5 aromatic rings. The first-order valence-corrected chi connectivity index (χ1v) is 15.5. The Hall–Kier alpha value is -4.48. The molecule has 232 valence electrons. The number of halogens is 2. The lowest BCUT2D eigenvalue weighted by molar-refractivity contribution is 0.0952. The minimum atomic E-state index is -1.11. The van der Waals surface area contributed by atoms with Crippen LogP contribution < -0.4 is 21.6 Å². The van der Waals surface area contributed by atoms with E-state index in [1.807, 2.05) is 0 Å². The van der Waals surface area contributed by atoms with E-state index in [1.165, 1.54) is 32.2 Å². The molecule has 14 nitrogen and oxygen atoms in total. The largest absolute Gasteiger partial charge is 0.617 e. The lowest BCUT2D eigenvalue weighted by Crippen LogP contribution is -2.48. The molecule has 1 fully saturated rings. The van der Waals surface area contributed by atoms with Gasteiger partial charge in [0.1, 0.15) is 22.9 Å². The number of aromatic nitrogens is 6. The number of nitrogens with zero attached hydrogens (tertiary/aromatic N) is 8. The summed E-state index contributed by atoms with van der Waals surface area (Å²) >= 11 is -1.11. The fraction of sp³-hybridized carbons (Fsp3) is 0.370. The van der Waals surface area contributed by atoms with Crippen LogP contribution in [0.4, 0.5) is 20.4 Å². The van der Waals surface area contributed by atoms with E-state index in [0.717, 1.165) is 0 Å². The smallest absolute Gasteiger partial charge is 0.330 e. The van der Waals surface area contributed by atoms with Crippen molar-refractivity contribution in [1.82, 2.24) is 38.9 Å². The third kappa shape index (κ3) is 5.48. The molecule has 0 bridgehead atoms. The van der Waals surface area contributed by atoms with Crippen LogP contribution in [0.15, 0.2) is 39.7 Å². The zero-order valence-corrected chi connectivity index (χ0v) is 24.8. The summed E-state index contributed by atoms with van der Waals surface area (Å²) in [7, 11) is 1.63. The van der Waals surface area contributed by atoms with Crippen molar-refractivity contribution in [2.75, 3.05) is 61.9 Å². The average Bonchev–Trinajstić information content (AvgIpc) is 3.72. The van der Waals surface area contributed by atoms with Gasteiger partial charge in [-0.25, -0.2) is 18.6 Å². The Labute approximate surface area is 252 Å². The maximum Gasteiger partial charge on any atom is 0.330 e. The van der Waals surface area contributed by atoms with Gasteiger partial charge in [-0.1, -0.05) is 11.2 Å². The van der Waals surface area contributed by atoms with Crippen LogP contribution in [0.1, 0.15) is 10.4 Å². The van der Waals surface area contributed by atoms with Gasteiger partial charge in [-0.05, 0) is 18.2 Å². The number of anilines is 2. The molecule has 1 aromatic carbocycles. The third-order valence-corrected chi connectivity index (χ3v) is 8.41. The minimum Gasteiger partial charge on any atom is -0.617 e. The molecule has 1 atom stereocenters. The molecule has 1 saturated heterocycles. The van der Waals surface area contributed by atoms with Crippen molar-refractivity contribution in [1.29, 1.82) is 0 Å². The Kier molecular flexibility index (Phi) is 8.00. The third-order valence-electron chi connectivity index (χ3n) is 7.63. The number of nitrogens with two attached hydrogens (primary N) is 1. The lowest BCUT2D eigenvalue weighted by atomic mass is 10.1. The van der Waals surface area contributed by atoms with Gasteiger partial charge in [-0.2, -0.15) is 9.50 Å². The van der Waals surface area contributed by atoms with Crippen LogP contribution in [0.25, 0.3) is 28.4 Å². The number of aryl methyl sites for hydroxylation is 1. The van der Waals surface area contributed by atoms with Crippen molar-refractivity contribution < 1.29 is 22.5 Å². The molecular weight excluding hydrogens is 598 g/mol. The van der Waals surface area contributed by atoms with Crippen LogP contribution in [0.5, 0.6) is 0 Å². The number of carbonyl (C=O) groups excluding carboxylic acids is 1. The van der Waals surface area contributed by atoms with E-state index in [1.54, 1.807) is 24.1 Å². The quantitative estimate of drug-likeness (QED) is 0.223. The number of piperazine rings is 1. The van der Waals surface area contributed by atoms with Crippen molar-refractivity contribution in [3.05, 3.63) is 58.2 Å². The van der Waals surface area contributed by atoms with Gasteiger partial charge < -0.3 is 24.9 Å². The van der Waals surface area contributed by atoms with Crippen LogP contribution >= 0.6 is 0 Å². The number of benzene rings is 1. The molecule has 44 heavy (non-hydrogen) atoms. The Balaban J connectivity index is 1.15. The summed E-state index contributed by atoms with van der Waals surface area (Å²) < 4.78 is 50.3. The summed E-state index contributed by atoms with van der Waals surface area (Å²) in [6, 6.07) is 5.37. The Bertz CT molecular complexity index is 1890. The van der Waals surface area contributed by atoms with E-state index < -0.39 is 28.7 Å². The highest BCUT2D eigenvalue weighted by molar-refractivity contribution is 7.90. The fourth-order valence-electron chi connectivity index (χ4n) is 5.31. The Morgan fingerprint density at radius 1 is 1.14 bits per heavy atom. The molecule has 5 heterocycles. The predicted molar refractivity (Wildman–Crippen MR) is 160 cm³/mol. The molecule has 4 aromatic heterocycles. The van der Waals surface area contributed by atoms with E-state index >= 15 is 0 Å². The molecule has 1 aliphatic heterocycles. The van der Waals surface area contributed by atoms with Gasteiger partial charge in [-0.15, -0.1) is 5.10 Å². The second-order valence-corrected chi connectivity index (χ2v) is 12.0. The van der Waals surface area contributed by atoms with Gasteiger partial charge in [0.25, 0.3) is 5.91 Å². The highest BCUT2D eigenvalue weighted by Gasteiger charge is 2.25. The Morgan fingerprint density at radius 3 is 2.61 bits per heavy atom. The van der Waals surface area contributed by atoms with Crippen LogP contribution in [-0.2, 0) is 24.8 Å². The average molecular weight is 629 g/mol. The standard InChI is InChI=1S/C27H30F2N10O4S/c1-35-21-23(33-26(30)39-24(21)32-22(34-39)20-4-3-12-43-20)38(27(35)41)11-8-36-6-9-37(10-7-36)19-14-16(17(28)15-18(19)29)25(40)31-5-13-44(2)42/h3-4,12,14-15H,5-11,13H2,1-2H3,(H2,30,33)(H,31,40). The summed E-state index contributed by atoms with van der Waals surface area (Å²) in [5.74, 6) is -1.35. The summed E-state index contributed by atoms with van der Waals surface area (Å²) in [6.45, 7) is 2.85. The molecule has 0 aliphatic carbocycles. The number of fused-ring (bicyclic) bond motifs is 3. The number of amides is 1. The first-order valence-electron chi connectivity index (χ1n) is 13.8. The van der Waals surface area contributed by atoms with Crippen molar-refractivity contribution in [3.63, 3.8) is 0 Å². The first-order chi connectivity index (χ1) is 21.1. The number of nitrogen functional groups attached to an aromatic ring is 1. The van der Waals surface area contributed by atoms with E-state index in [0.29, 0.717) is 73.7 Å². The van der Waals surface area contributed by atoms with Gasteiger partial charge in [-0.3, -0.25) is 18.8 Å². The summed E-state index contributed by atoms with van der Waals surface area (Å²) in [4.78, 5) is 38.6. The number of rotatable bonds is 9. The molecule has 1 amide bonds. The highest BCUT2D eigenvalue weighted by Crippen LogP contribution is 2.26. The monoisotopic (exact) mass is 628 g/mol. The molecule has 1 aliphatic rings. The second-order valence-electron chi connectivity index (χ2n) is 10.4. The number of hydrogen-bond donors (Lipinski definition) is 2. The van der Waals surface area contributed by atoms with Gasteiger partial charge >= 0.3 is 5.69 Å². The van der Waals surface area contributed by atoms with Crippen molar-refractivity contribution >= 4 is 45.5 Å². The summed E-state index contributed by atoms with van der Waals surface area (Å²) in [5, 5.41) is 6.91. The summed E-state index contributed by atoms with van der Waals surface area (Å²) in [5.41, 5.74) is 7.01. The van der Waals surface area contributed by atoms with E-state index in [4.69, 9.17) is 10.2 Å². The zero-order valence-electron chi connectivity index (χ0n) is 24.0. The van der Waals surface area contributed by atoms with Gasteiger partial charge in [0.15, 0.2) is 17.1 Å². The molecule has 0 spiro atoms. The van der Waals surface area contributed by atoms with Gasteiger partial charge in [0.05, 0.1) is 30.3 Å². The molecule has 3 N–H and O–H groups in total. The SMILES string of the molecule is Cn1c(=O)n(CCN2CCN(c3cc(C(=O)NCC[S+](C)[O-])c(F)cc3F)CC2)c2nc(N)n3nc(-c4ccco4)nc3c21. The number of imidazole rings is 1. The first kappa shape index (κ1) is 29.6. The number of hydrogen-bond acceptors (Lipinski definition) is 10. The van der Waals surface area contributed by atoms with Crippen LogP contribution in [0.2, 0.25) is 0 Å². The number of furan rings is 1. The zero-order chi connectivity index (χ0) is 31.1. The van der Waals surface area contributed by atoms with Gasteiger partial charge in [0.2, 0.25) is 11.8 Å². The molecule has 6 rings (SSSR count). The van der Waals surface area contributed by atoms with Crippen molar-refractivity contribution in [2.24, 2.45) is 7.05 Å². The normalized spacial score (nSPS) is 15.0. The van der Waals surface area contributed by atoms with Gasteiger partial charge in [0, 0.05) is 52.4 Å². The maximum absolute atomic E-state index is 14.8. The molecule has 17 heteroatoms. The lowest BCUT2D eigenvalue weighted by Gasteiger charge is -2.36. The van der Waals surface area contributed by atoms with Crippen LogP contribution in [0.3, 0.4) is 0 Å². The van der Waals surface area contributed by atoms with E-state index in [9.17, 15) is 22.9 Å². The summed E-state index contributed by atoms with van der Waals surface area (Å²) in [6.07, 6.45) is 3.02. The second kappa shape index (κ2) is 11.9. The van der Waals surface area contributed by atoms with Crippen molar-refractivity contribution in [3.8, 4) is 11.6 Å². The fourth-order valence-corrected chi connectivity index (χ4v) is 5.70. The number of nitrogens with one attached hydrogen (secondary N) is 1. The molecular formula is C27H30F2N10O4S. The Morgan fingerprint density at radius 2 is 1.91 bits per heavy atom. The minimum absolute atomic E-state index is 0.0699. The van der Waals surface area contributed by atoms with E-state index in [2.05, 4.69) is 25.3 Å². The number of carbonyl (C=O) groups is 1. The molecule has 0 radical (unpaired) electrons. The predicted octanol–water partition coefficient (Wildman–Crippen LogP) is 0.829. The van der Waals surface area contributed by atoms with Crippen molar-refractivity contribution in [2.45, 2.75) is 6.54 Å². The van der Waals surface area contributed by atoms with Crippen LogP contribution in [-0.4, -0.2) is 95.4 Å². The van der Waals surface area contributed by atoms with Crippen LogP contribution in [0, 0.1) is 11.6 Å². The molecule has 0 saturated carbocycles. The maximum atomic E-state index is 14.8. The molecule has 1 unspecified atom stereocenters. The highest BCUT2D eigenvalue weighted by atomic mass is 32.2.